The van der Waals surface area contributed by atoms with Gasteiger partial charge in [-0.1, -0.05) is 19.1 Å². The molecule has 1 aliphatic heterocycles. The van der Waals surface area contributed by atoms with Crippen molar-refractivity contribution in [2.45, 2.75) is 25.8 Å². The zero-order valence-electron chi connectivity index (χ0n) is 11.8. The zero-order chi connectivity index (χ0) is 14.4. The van der Waals surface area contributed by atoms with E-state index in [1.165, 1.54) is 24.6 Å². The third kappa shape index (κ3) is 4.17. The highest BCUT2D eigenvalue weighted by atomic mass is 19.1. The van der Waals surface area contributed by atoms with Crippen LogP contribution in [-0.2, 0) is 4.79 Å². The molecular formula is C16H21FN2O. The number of halogens is 1. The minimum Gasteiger partial charge on any atom is -0.351 e. The fraction of sp³-hybridized carbons (Fsp3) is 0.438. The molecular weight excluding hydrogens is 255 g/mol. The summed E-state index contributed by atoms with van der Waals surface area (Å²) >= 11 is 0. The largest absolute Gasteiger partial charge is 0.351 e. The Bertz CT molecular complexity index is 470. The Balaban J connectivity index is 1.79. The van der Waals surface area contributed by atoms with Gasteiger partial charge in [0.2, 0.25) is 5.91 Å². The van der Waals surface area contributed by atoms with Crippen LogP contribution in [0, 0.1) is 5.82 Å². The monoisotopic (exact) mass is 276 g/mol. The lowest BCUT2D eigenvalue weighted by Crippen LogP contribution is -2.39. The third-order valence-corrected chi connectivity index (χ3v) is 3.71. The Kier molecular flexibility index (Phi) is 5.30. The normalized spacial score (nSPS) is 19.6. The van der Waals surface area contributed by atoms with Crippen molar-refractivity contribution < 1.29 is 9.18 Å². The van der Waals surface area contributed by atoms with Crippen LogP contribution in [0.2, 0.25) is 0 Å². The van der Waals surface area contributed by atoms with Crippen molar-refractivity contribution in [2.75, 3.05) is 19.6 Å². The van der Waals surface area contributed by atoms with Gasteiger partial charge in [-0.15, -0.1) is 0 Å². The molecule has 108 valence electrons. The molecule has 0 aromatic heterocycles. The average Bonchev–Trinajstić information content (AvgIpc) is 2.92. The van der Waals surface area contributed by atoms with E-state index in [4.69, 9.17) is 0 Å². The van der Waals surface area contributed by atoms with Crippen LogP contribution in [0.25, 0.3) is 6.08 Å². The number of hydrogen-bond acceptors (Lipinski definition) is 2. The quantitative estimate of drug-likeness (QED) is 0.838. The highest BCUT2D eigenvalue weighted by Crippen LogP contribution is 2.15. The summed E-state index contributed by atoms with van der Waals surface area (Å²) in [6.45, 7) is 5.00. The lowest BCUT2D eigenvalue weighted by molar-refractivity contribution is -0.116. The van der Waals surface area contributed by atoms with Gasteiger partial charge in [-0.25, -0.2) is 4.39 Å². The van der Waals surface area contributed by atoms with E-state index in [-0.39, 0.29) is 11.7 Å². The second-order valence-electron chi connectivity index (χ2n) is 5.05. The number of nitrogens with zero attached hydrogens (tertiary/aromatic N) is 1. The van der Waals surface area contributed by atoms with E-state index in [1.807, 2.05) is 0 Å². The van der Waals surface area contributed by atoms with Gasteiger partial charge in [0, 0.05) is 18.7 Å². The number of carbonyl (C=O) groups excluding carboxylic acids is 1. The van der Waals surface area contributed by atoms with Gasteiger partial charge in [0.15, 0.2) is 0 Å². The zero-order valence-corrected chi connectivity index (χ0v) is 11.8. The summed E-state index contributed by atoms with van der Waals surface area (Å²) in [7, 11) is 0. The maximum atomic E-state index is 12.7. The molecule has 0 spiro atoms. The van der Waals surface area contributed by atoms with Gasteiger partial charge in [0.1, 0.15) is 5.82 Å². The molecule has 1 heterocycles. The maximum absolute atomic E-state index is 12.7. The fourth-order valence-electron chi connectivity index (χ4n) is 2.57. The maximum Gasteiger partial charge on any atom is 0.244 e. The minimum atomic E-state index is -0.271. The molecule has 0 radical (unpaired) electrons. The van der Waals surface area contributed by atoms with E-state index in [1.54, 1.807) is 18.2 Å². The summed E-state index contributed by atoms with van der Waals surface area (Å²) in [5, 5.41) is 2.93. The molecule has 1 aromatic rings. The highest BCUT2D eigenvalue weighted by Gasteiger charge is 2.22. The number of amides is 1. The van der Waals surface area contributed by atoms with Gasteiger partial charge in [-0.2, -0.15) is 0 Å². The van der Waals surface area contributed by atoms with Gasteiger partial charge >= 0.3 is 0 Å². The van der Waals surface area contributed by atoms with Crippen molar-refractivity contribution in [1.82, 2.24) is 10.2 Å². The van der Waals surface area contributed by atoms with Gasteiger partial charge < -0.3 is 5.32 Å². The Labute approximate surface area is 119 Å². The van der Waals surface area contributed by atoms with E-state index in [2.05, 4.69) is 17.1 Å². The summed E-state index contributed by atoms with van der Waals surface area (Å²) in [6, 6.07) is 6.53. The molecule has 3 nitrogen and oxygen atoms in total. The highest BCUT2D eigenvalue weighted by molar-refractivity contribution is 5.91. The number of nitrogens with one attached hydrogen (secondary N) is 1. The first-order valence-corrected chi connectivity index (χ1v) is 7.14. The number of benzene rings is 1. The van der Waals surface area contributed by atoms with Crippen LogP contribution >= 0.6 is 0 Å². The van der Waals surface area contributed by atoms with Gasteiger partial charge in [-0.3, -0.25) is 9.69 Å². The first kappa shape index (κ1) is 14.7. The fourth-order valence-corrected chi connectivity index (χ4v) is 2.57. The van der Waals surface area contributed by atoms with Crippen LogP contribution in [0.5, 0.6) is 0 Å². The molecule has 4 heteroatoms. The number of carbonyl (C=O) groups is 1. The molecule has 0 aliphatic carbocycles. The van der Waals surface area contributed by atoms with Crippen molar-refractivity contribution in [3.05, 3.63) is 41.7 Å². The predicted molar refractivity (Wildman–Crippen MR) is 78.7 cm³/mol. The molecule has 1 atom stereocenters. The minimum absolute atomic E-state index is 0.0997. The molecule has 1 aromatic carbocycles. The Hall–Kier alpha value is -1.68. The molecule has 1 saturated heterocycles. The second-order valence-corrected chi connectivity index (χ2v) is 5.05. The molecule has 2 rings (SSSR count). The predicted octanol–water partition coefficient (Wildman–Crippen LogP) is 2.44. The Morgan fingerprint density at radius 3 is 2.90 bits per heavy atom. The number of likely N-dealkylation sites (tertiary alicyclic amines) is 1. The van der Waals surface area contributed by atoms with Crippen molar-refractivity contribution in [1.29, 1.82) is 0 Å². The van der Waals surface area contributed by atoms with Crippen LogP contribution in [0.3, 0.4) is 0 Å². The SMILES string of the molecule is CCN1CCC[C@H]1CNC(=O)/C=C/c1ccc(F)cc1. The Morgan fingerprint density at radius 2 is 2.20 bits per heavy atom. The number of likely N-dealkylation sites (N-methyl/N-ethyl adjacent to an activating group) is 1. The van der Waals surface area contributed by atoms with Crippen LogP contribution in [0.1, 0.15) is 25.3 Å². The van der Waals surface area contributed by atoms with Crippen LogP contribution in [0.4, 0.5) is 4.39 Å². The summed E-state index contributed by atoms with van der Waals surface area (Å²) in [5.74, 6) is -0.371. The average molecular weight is 276 g/mol. The van der Waals surface area contributed by atoms with Crippen molar-refractivity contribution >= 4 is 12.0 Å². The Morgan fingerprint density at radius 1 is 1.45 bits per heavy atom. The van der Waals surface area contributed by atoms with Crippen LogP contribution < -0.4 is 5.32 Å². The number of hydrogen-bond donors (Lipinski definition) is 1. The van der Waals surface area contributed by atoms with Crippen molar-refractivity contribution in [3.8, 4) is 0 Å². The lowest BCUT2D eigenvalue weighted by atomic mass is 10.2. The first-order chi connectivity index (χ1) is 9.69. The molecule has 0 bridgehead atoms. The summed E-state index contributed by atoms with van der Waals surface area (Å²) in [4.78, 5) is 14.1. The second kappa shape index (κ2) is 7.20. The van der Waals surface area contributed by atoms with Crippen LogP contribution in [-0.4, -0.2) is 36.5 Å². The van der Waals surface area contributed by atoms with E-state index in [9.17, 15) is 9.18 Å². The lowest BCUT2D eigenvalue weighted by Gasteiger charge is -2.22. The van der Waals surface area contributed by atoms with Crippen LogP contribution in [0.15, 0.2) is 30.3 Å². The summed E-state index contributed by atoms with van der Waals surface area (Å²) in [6.07, 6.45) is 5.55. The van der Waals surface area contributed by atoms with Crippen molar-refractivity contribution in [2.24, 2.45) is 0 Å². The standard InChI is InChI=1S/C16H21FN2O/c1-2-19-11-3-4-15(19)12-18-16(20)10-7-13-5-8-14(17)9-6-13/h5-10,15H,2-4,11-12H2,1H3,(H,18,20)/b10-7+/t15-/m0/s1. The summed E-state index contributed by atoms with van der Waals surface area (Å²) in [5.41, 5.74) is 0.817. The molecule has 20 heavy (non-hydrogen) atoms. The number of rotatable bonds is 5. The third-order valence-electron chi connectivity index (χ3n) is 3.71. The van der Waals surface area contributed by atoms with E-state index in [0.29, 0.717) is 12.6 Å². The first-order valence-electron chi connectivity index (χ1n) is 7.14. The van der Waals surface area contributed by atoms with E-state index < -0.39 is 0 Å². The van der Waals surface area contributed by atoms with E-state index >= 15 is 0 Å². The molecule has 1 aliphatic rings. The van der Waals surface area contributed by atoms with Gasteiger partial charge in [0.05, 0.1) is 0 Å². The van der Waals surface area contributed by atoms with Crippen molar-refractivity contribution in [3.63, 3.8) is 0 Å². The summed E-state index contributed by atoms with van der Waals surface area (Å²) < 4.78 is 12.7. The molecule has 1 fully saturated rings. The van der Waals surface area contributed by atoms with Gasteiger partial charge in [0.25, 0.3) is 0 Å². The molecule has 1 N–H and O–H groups in total. The van der Waals surface area contributed by atoms with Gasteiger partial charge in [-0.05, 0) is 49.7 Å². The molecule has 1 amide bonds. The smallest absolute Gasteiger partial charge is 0.244 e. The molecule has 0 saturated carbocycles. The van der Waals surface area contributed by atoms with E-state index in [0.717, 1.165) is 25.1 Å². The topological polar surface area (TPSA) is 32.3 Å². The molecule has 0 unspecified atom stereocenters.